The van der Waals surface area contributed by atoms with Crippen molar-refractivity contribution in [3.63, 3.8) is 0 Å². The van der Waals surface area contributed by atoms with Crippen LogP contribution in [0.2, 0.25) is 5.15 Å². The van der Waals surface area contributed by atoms with Crippen molar-refractivity contribution in [3.8, 4) is 0 Å². The molecule has 0 aliphatic heterocycles. The van der Waals surface area contributed by atoms with Crippen LogP contribution in [0.3, 0.4) is 0 Å². The van der Waals surface area contributed by atoms with Crippen LogP contribution in [0.4, 0.5) is 11.4 Å². The van der Waals surface area contributed by atoms with E-state index in [0.717, 1.165) is 6.26 Å². The number of hydrogen-bond acceptors (Lipinski definition) is 4. The van der Waals surface area contributed by atoms with Gasteiger partial charge in [0.2, 0.25) is 10.0 Å². The number of nitrogens with zero attached hydrogens (tertiary/aromatic N) is 1. The Morgan fingerprint density at radius 3 is 2.33 bits per heavy atom. The van der Waals surface area contributed by atoms with Crippen LogP contribution in [-0.2, 0) is 10.0 Å². The van der Waals surface area contributed by atoms with E-state index in [0.29, 0.717) is 11.4 Å². The van der Waals surface area contributed by atoms with Gasteiger partial charge in [-0.1, -0.05) is 11.6 Å². The number of carbonyl (C=O) groups excluding carboxylic acids is 1. The van der Waals surface area contributed by atoms with Crippen LogP contribution in [0.15, 0.2) is 42.6 Å². The first-order chi connectivity index (χ1) is 9.85. The molecule has 0 atom stereocenters. The van der Waals surface area contributed by atoms with Gasteiger partial charge in [0.25, 0.3) is 5.91 Å². The molecule has 0 bridgehead atoms. The molecule has 0 spiro atoms. The van der Waals surface area contributed by atoms with Gasteiger partial charge in [-0.3, -0.25) is 9.52 Å². The molecule has 110 valence electrons. The number of rotatable bonds is 4. The summed E-state index contributed by atoms with van der Waals surface area (Å²) < 4.78 is 24.5. The Balaban J connectivity index is 2.10. The highest BCUT2D eigenvalue weighted by Crippen LogP contribution is 2.17. The van der Waals surface area contributed by atoms with Crippen molar-refractivity contribution in [2.45, 2.75) is 0 Å². The SMILES string of the molecule is CS(=O)(=O)Nc1ccc(NC(=O)c2cccnc2Cl)cc1. The van der Waals surface area contributed by atoms with Crippen molar-refractivity contribution in [2.75, 3.05) is 16.3 Å². The number of hydrogen-bond donors (Lipinski definition) is 2. The number of pyridine rings is 1. The van der Waals surface area contributed by atoms with E-state index in [2.05, 4.69) is 15.0 Å². The van der Waals surface area contributed by atoms with E-state index < -0.39 is 15.9 Å². The molecule has 1 amide bonds. The van der Waals surface area contributed by atoms with Crippen molar-refractivity contribution in [2.24, 2.45) is 0 Å². The van der Waals surface area contributed by atoms with Gasteiger partial charge in [-0.15, -0.1) is 0 Å². The number of anilines is 2. The topological polar surface area (TPSA) is 88.2 Å². The van der Waals surface area contributed by atoms with E-state index in [-0.39, 0.29) is 10.7 Å². The lowest BCUT2D eigenvalue weighted by molar-refractivity contribution is 0.102. The van der Waals surface area contributed by atoms with Crippen LogP contribution >= 0.6 is 11.6 Å². The maximum atomic E-state index is 12.0. The predicted octanol–water partition coefficient (Wildman–Crippen LogP) is 2.36. The lowest BCUT2D eigenvalue weighted by Gasteiger charge is -2.08. The highest BCUT2D eigenvalue weighted by Gasteiger charge is 2.11. The standard InChI is InChI=1S/C13H12ClN3O3S/c1-21(19,20)17-10-6-4-9(5-7-10)16-13(18)11-3-2-8-15-12(11)14/h2-8,17H,1H3,(H,16,18). The molecule has 0 radical (unpaired) electrons. The van der Waals surface area contributed by atoms with E-state index >= 15 is 0 Å². The van der Waals surface area contributed by atoms with Crippen molar-refractivity contribution in [3.05, 3.63) is 53.3 Å². The van der Waals surface area contributed by atoms with Crippen molar-refractivity contribution < 1.29 is 13.2 Å². The summed E-state index contributed by atoms with van der Waals surface area (Å²) in [5.74, 6) is -0.392. The van der Waals surface area contributed by atoms with Crippen molar-refractivity contribution >= 4 is 38.9 Å². The maximum Gasteiger partial charge on any atom is 0.258 e. The van der Waals surface area contributed by atoms with E-state index in [1.54, 1.807) is 36.4 Å². The van der Waals surface area contributed by atoms with E-state index in [9.17, 15) is 13.2 Å². The van der Waals surface area contributed by atoms with E-state index in [4.69, 9.17) is 11.6 Å². The quantitative estimate of drug-likeness (QED) is 0.845. The highest BCUT2D eigenvalue weighted by atomic mass is 35.5. The molecule has 0 aliphatic carbocycles. The van der Waals surface area contributed by atoms with Crippen molar-refractivity contribution in [1.29, 1.82) is 0 Å². The zero-order valence-corrected chi connectivity index (χ0v) is 12.6. The summed E-state index contributed by atoms with van der Waals surface area (Å²) in [6.07, 6.45) is 2.55. The molecule has 0 aliphatic rings. The van der Waals surface area contributed by atoms with Crippen LogP contribution in [0, 0.1) is 0 Å². The summed E-state index contributed by atoms with van der Waals surface area (Å²) in [6, 6.07) is 9.42. The second kappa shape index (κ2) is 6.11. The molecule has 2 rings (SSSR count). The van der Waals surface area contributed by atoms with Gasteiger partial charge in [0, 0.05) is 17.6 Å². The Bertz CT molecular complexity index is 760. The molecule has 1 heterocycles. The average Bonchev–Trinajstić information content (AvgIpc) is 2.40. The minimum atomic E-state index is -3.32. The second-order valence-corrected chi connectivity index (χ2v) is 6.35. The van der Waals surface area contributed by atoms with Gasteiger partial charge in [0.15, 0.2) is 0 Å². The molecule has 0 unspecified atom stereocenters. The van der Waals surface area contributed by atoms with Crippen LogP contribution in [0.5, 0.6) is 0 Å². The minimum absolute atomic E-state index is 0.116. The summed E-state index contributed by atoms with van der Waals surface area (Å²) in [7, 11) is -3.32. The number of halogens is 1. The third kappa shape index (κ3) is 4.44. The van der Waals surface area contributed by atoms with Crippen LogP contribution in [0.1, 0.15) is 10.4 Å². The molecule has 2 N–H and O–H groups in total. The van der Waals surface area contributed by atoms with Crippen LogP contribution < -0.4 is 10.0 Å². The van der Waals surface area contributed by atoms with Gasteiger partial charge in [0.1, 0.15) is 5.15 Å². The van der Waals surface area contributed by atoms with E-state index in [1.807, 2.05) is 0 Å². The Hall–Kier alpha value is -2.12. The number of sulfonamides is 1. The number of carbonyl (C=O) groups is 1. The Morgan fingerprint density at radius 1 is 1.14 bits per heavy atom. The fourth-order valence-electron chi connectivity index (χ4n) is 1.59. The zero-order valence-electron chi connectivity index (χ0n) is 11.0. The first kappa shape index (κ1) is 15.3. The number of amides is 1. The monoisotopic (exact) mass is 325 g/mol. The fourth-order valence-corrected chi connectivity index (χ4v) is 2.36. The molecule has 0 fully saturated rings. The third-order valence-electron chi connectivity index (χ3n) is 2.45. The second-order valence-electron chi connectivity index (χ2n) is 4.25. The normalized spacial score (nSPS) is 11.0. The van der Waals surface area contributed by atoms with Gasteiger partial charge in [-0.2, -0.15) is 0 Å². The minimum Gasteiger partial charge on any atom is -0.322 e. The molecule has 8 heteroatoms. The van der Waals surface area contributed by atoms with Gasteiger partial charge in [-0.05, 0) is 36.4 Å². The number of aromatic nitrogens is 1. The average molecular weight is 326 g/mol. The van der Waals surface area contributed by atoms with Crippen LogP contribution in [0.25, 0.3) is 0 Å². The fraction of sp³-hybridized carbons (Fsp3) is 0.0769. The Morgan fingerprint density at radius 2 is 1.76 bits per heavy atom. The summed E-state index contributed by atoms with van der Waals surface area (Å²) in [4.78, 5) is 15.8. The maximum absolute atomic E-state index is 12.0. The Labute approximate surface area is 127 Å². The van der Waals surface area contributed by atoms with Gasteiger partial charge >= 0.3 is 0 Å². The molecule has 1 aromatic carbocycles. The lowest BCUT2D eigenvalue weighted by Crippen LogP contribution is -2.13. The summed E-state index contributed by atoms with van der Waals surface area (Å²) in [5.41, 5.74) is 1.19. The van der Waals surface area contributed by atoms with Gasteiger partial charge in [-0.25, -0.2) is 13.4 Å². The third-order valence-corrected chi connectivity index (χ3v) is 3.36. The number of nitrogens with one attached hydrogen (secondary N) is 2. The van der Waals surface area contributed by atoms with Gasteiger partial charge in [0.05, 0.1) is 11.8 Å². The van der Waals surface area contributed by atoms with Crippen molar-refractivity contribution in [1.82, 2.24) is 4.98 Å². The first-order valence-corrected chi connectivity index (χ1v) is 8.12. The summed E-state index contributed by atoms with van der Waals surface area (Å²) in [5, 5.41) is 2.76. The largest absolute Gasteiger partial charge is 0.322 e. The van der Waals surface area contributed by atoms with E-state index in [1.165, 1.54) is 6.20 Å². The molecule has 2 aromatic rings. The number of benzene rings is 1. The summed E-state index contributed by atoms with van der Waals surface area (Å²) in [6.45, 7) is 0. The molecule has 0 saturated heterocycles. The Kier molecular flexibility index (Phi) is 4.44. The molecule has 21 heavy (non-hydrogen) atoms. The molecule has 0 saturated carbocycles. The molecular formula is C13H12ClN3O3S. The summed E-state index contributed by atoms with van der Waals surface area (Å²) >= 11 is 5.83. The molecule has 1 aromatic heterocycles. The highest BCUT2D eigenvalue weighted by molar-refractivity contribution is 7.92. The first-order valence-electron chi connectivity index (χ1n) is 5.85. The molecular weight excluding hydrogens is 314 g/mol. The van der Waals surface area contributed by atoms with Crippen LogP contribution in [-0.4, -0.2) is 25.6 Å². The predicted molar refractivity (Wildman–Crippen MR) is 82.1 cm³/mol. The smallest absolute Gasteiger partial charge is 0.258 e. The lowest BCUT2D eigenvalue weighted by atomic mass is 10.2. The zero-order chi connectivity index (χ0) is 15.5. The van der Waals surface area contributed by atoms with Gasteiger partial charge < -0.3 is 5.32 Å². The molecule has 6 nitrogen and oxygen atoms in total.